The van der Waals surface area contributed by atoms with Crippen molar-refractivity contribution in [3.63, 3.8) is 0 Å². The molecule has 128 valence electrons. The van der Waals surface area contributed by atoms with Crippen LogP contribution in [-0.4, -0.2) is 22.2 Å². The van der Waals surface area contributed by atoms with Crippen molar-refractivity contribution >= 4 is 11.6 Å². The molecular weight excluding hydrogens is 318 g/mol. The number of carbonyl (C=O) groups is 1. The van der Waals surface area contributed by atoms with Crippen LogP contribution in [0.1, 0.15) is 24.2 Å². The molecule has 1 aromatic heterocycles. The quantitative estimate of drug-likeness (QED) is 0.746. The highest BCUT2D eigenvalue weighted by molar-refractivity contribution is 5.94. The van der Waals surface area contributed by atoms with Gasteiger partial charge in [-0.3, -0.25) is 4.79 Å². The first kappa shape index (κ1) is 16.7. The van der Waals surface area contributed by atoms with Crippen LogP contribution in [-0.2, 0) is 11.2 Å². The molecule has 3 rings (SSSR count). The maximum Gasteiger partial charge on any atom is 0.265 e. The van der Waals surface area contributed by atoms with Gasteiger partial charge < -0.3 is 14.6 Å². The highest BCUT2D eigenvalue weighted by Gasteiger charge is 2.17. The summed E-state index contributed by atoms with van der Waals surface area (Å²) >= 11 is 0. The van der Waals surface area contributed by atoms with E-state index in [1.54, 1.807) is 13.8 Å². The van der Waals surface area contributed by atoms with E-state index in [-0.39, 0.29) is 5.91 Å². The lowest BCUT2D eigenvalue weighted by Gasteiger charge is -2.16. The highest BCUT2D eigenvalue weighted by atomic mass is 16.5. The molecule has 1 atom stereocenters. The average molecular weight is 337 g/mol. The van der Waals surface area contributed by atoms with Crippen LogP contribution in [0.2, 0.25) is 0 Å². The molecule has 25 heavy (non-hydrogen) atoms. The summed E-state index contributed by atoms with van der Waals surface area (Å²) in [5.41, 5.74) is 1.60. The minimum atomic E-state index is -0.624. The van der Waals surface area contributed by atoms with E-state index >= 15 is 0 Å². The fourth-order valence-electron chi connectivity index (χ4n) is 2.36. The number of rotatable bonds is 6. The molecule has 6 nitrogen and oxygen atoms in total. The van der Waals surface area contributed by atoms with Crippen LogP contribution in [0.5, 0.6) is 5.75 Å². The predicted octanol–water partition coefficient (Wildman–Crippen LogP) is 3.37. The molecule has 3 aromatic rings. The van der Waals surface area contributed by atoms with Crippen LogP contribution >= 0.6 is 0 Å². The molecule has 0 aliphatic rings. The fourth-order valence-corrected chi connectivity index (χ4v) is 2.36. The molecule has 0 unspecified atom stereocenters. The summed E-state index contributed by atoms with van der Waals surface area (Å²) in [5, 5.41) is 6.69. The molecule has 1 N–H and O–H groups in total. The number of benzene rings is 2. The number of nitrogens with one attached hydrogen (secondary N) is 1. The molecule has 0 saturated carbocycles. The van der Waals surface area contributed by atoms with E-state index in [0.717, 1.165) is 5.56 Å². The summed E-state index contributed by atoms with van der Waals surface area (Å²) in [5.74, 6) is 1.52. The van der Waals surface area contributed by atoms with Crippen molar-refractivity contribution in [1.82, 2.24) is 10.1 Å². The van der Waals surface area contributed by atoms with Gasteiger partial charge >= 0.3 is 0 Å². The second kappa shape index (κ2) is 7.61. The summed E-state index contributed by atoms with van der Waals surface area (Å²) in [7, 11) is 0. The van der Waals surface area contributed by atoms with Gasteiger partial charge in [0.05, 0.1) is 6.42 Å². The van der Waals surface area contributed by atoms with E-state index in [0.29, 0.717) is 29.6 Å². The number of amides is 1. The minimum Gasteiger partial charge on any atom is -0.481 e. The molecule has 0 radical (unpaired) electrons. The van der Waals surface area contributed by atoms with Crippen molar-refractivity contribution < 1.29 is 14.1 Å². The zero-order valence-electron chi connectivity index (χ0n) is 14.1. The first-order valence-corrected chi connectivity index (χ1v) is 8.01. The zero-order valence-corrected chi connectivity index (χ0v) is 14.1. The Kier molecular flexibility index (Phi) is 5.09. The highest BCUT2D eigenvalue weighted by Crippen LogP contribution is 2.19. The van der Waals surface area contributed by atoms with E-state index in [1.165, 1.54) is 0 Å². The normalized spacial score (nSPS) is 11.8. The Labute approximate surface area is 145 Å². The molecule has 2 aromatic carbocycles. The number of hydrogen-bond donors (Lipinski definition) is 1. The third-order valence-corrected chi connectivity index (χ3v) is 3.61. The van der Waals surface area contributed by atoms with Gasteiger partial charge in [-0.05, 0) is 37.6 Å². The average Bonchev–Trinajstić information content (AvgIpc) is 3.02. The van der Waals surface area contributed by atoms with E-state index in [2.05, 4.69) is 15.5 Å². The molecule has 1 heterocycles. The van der Waals surface area contributed by atoms with Crippen molar-refractivity contribution in [2.75, 3.05) is 5.32 Å². The first-order chi connectivity index (χ1) is 12.1. The molecule has 1 amide bonds. The monoisotopic (exact) mass is 337 g/mol. The van der Waals surface area contributed by atoms with Gasteiger partial charge in [-0.15, -0.1) is 0 Å². The van der Waals surface area contributed by atoms with Gasteiger partial charge in [-0.2, -0.15) is 4.98 Å². The lowest BCUT2D eigenvalue weighted by Crippen LogP contribution is -2.30. The smallest absolute Gasteiger partial charge is 0.265 e. The number of aromatic nitrogens is 2. The lowest BCUT2D eigenvalue weighted by atomic mass is 10.1. The Bertz CT molecular complexity index is 846. The van der Waals surface area contributed by atoms with Crippen LogP contribution in [0, 0.1) is 6.92 Å². The number of hydrogen-bond acceptors (Lipinski definition) is 5. The Morgan fingerprint density at radius 2 is 1.88 bits per heavy atom. The van der Waals surface area contributed by atoms with Crippen molar-refractivity contribution in [3.05, 3.63) is 71.9 Å². The van der Waals surface area contributed by atoms with E-state index in [9.17, 15) is 4.79 Å². The molecule has 0 aliphatic carbocycles. The van der Waals surface area contributed by atoms with Gasteiger partial charge in [0.1, 0.15) is 5.75 Å². The molecule has 0 spiro atoms. The van der Waals surface area contributed by atoms with Crippen molar-refractivity contribution in [1.29, 1.82) is 0 Å². The first-order valence-electron chi connectivity index (χ1n) is 8.01. The van der Waals surface area contributed by atoms with Gasteiger partial charge in [-0.1, -0.05) is 41.6 Å². The number of ether oxygens (including phenoxy) is 1. The molecule has 0 bridgehead atoms. The number of carbonyl (C=O) groups excluding carboxylic acids is 1. The van der Waals surface area contributed by atoms with Crippen LogP contribution in [0.4, 0.5) is 5.69 Å². The SMILES string of the molecule is Cc1noc(Cc2ccccc2NC(=O)[C@H](C)Oc2ccccc2)n1. The van der Waals surface area contributed by atoms with E-state index in [4.69, 9.17) is 9.26 Å². The van der Waals surface area contributed by atoms with Gasteiger partial charge in [0.25, 0.3) is 5.91 Å². The summed E-state index contributed by atoms with van der Waals surface area (Å²) in [6.07, 6.45) is -0.174. The minimum absolute atomic E-state index is 0.224. The Hall–Kier alpha value is -3.15. The fraction of sp³-hybridized carbons (Fsp3) is 0.211. The Balaban J connectivity index is 1.68. The Morgan fingerprint density at radius 1 is 1.16 bits per heavy atom. The van der Waals surface area contributed by atoms with E-state index < -0.39 is 6.10 Å². The molecule has 0 aliphatic heterocycles. The van der Waals surface area contributed by atoms with Gasteiger partial charge in [0.15, 0.2) is 11.9 Å². The van der Waals surface area contributed by atoms with Crippen molar-refractivity contribution in [3.8, 4) is 5.75 Å². The van der Waals surface area contributed by atoms with Gasteiger partial charge in [0.2, 0.25) is 5.89 Å². The summed E-state index contributed by atoms with van der Waals surface area (Å²) in [4.78, 5) is 16.6. The summed E-state index contributed by atoms with van der Waals surface area (Å²) in [6.45, 7) is 3.48. The largest absolute Gasteiger partial charge is 0.481 e. The van der Waals surface area contributed by atoms with Crippen LogP contribution in [0.3, 0.4) is 0 Å². The Morgan fingerprint density at radius 3 is 2.60 bits per heavy atom. The molecule has 0 fully saturated rings. The van der Waals surface area contributed by atoms with Crippen LogP contribution in [0.25, 0.3) is 0 Å². The van der Waals surface area contributed by atoms with Crippen LogP contribution in [0.15, 0.2) is 59.1 Å². The molecule has 6 heteroatoms. The van der Waals surface area contributed by atoms with E-state index in [1.807, 2.05) is 54.6 Å². The lowest BCUT2D eigenvalue weighted by molar-refractivity contribution is -0.122. The maximum atomic E-state index is 12.4. The number of anilines is 1. The second-order valence-electron chi connectivity index (χ2n) is 5.63. The molecular formula is C19H19N3O3. The zero-order chi connectivity index (χ0) is 17.6. The van der Waals surface area contributed by atoms with Gasteiger partial charge in [0, 0.05) is 5.69 Å². The van der Waals surface area contributed by atoms with Gasteiger partial charge in [-0.25, -0.2) is 0 Å². The van der Waals surface area contributed by atoms with Crippen LogP contribution < -0.4 is 10.1 Å². The second-order valence-corrected chi connectivity index (χ2v) is 5.63. The maximum absolute atomic E-state index is 12.4. The van der Waals surface area contributed by atoms with Crippen molar-refractivity contribution in [2.24, 2.45) is 0 Å². The predicted molar refractivity (Wildman–Crippen MR) is 93.4 cm³/mol. The number of aryl methyl sites for hydroxylation is 1. The topological polar surface area (TPSA) is 77.2 Å². The summed E-state index contributed by atoms with van der Waals surface area (Å²) in [6, 6.07) is 16.8. The third kappa shape index (κ3) is 4.44. The standard InChI is InChI=1S/C19H19N3O3/c1-13(24-16-9-4-3-5-10-16)19(23)21-17-11-7-6-8-15(17)12-18-20-14(2)22-25-18/h3-11,13H,12H2,1-2H3,(H,21,23)/t13-/m0/s1. The molecule has 0 saturated heterocycles. The number of nitrogens with zero attached hydrogens (tertiary/aromatic N) is 2. The van der Waals surface area contributed by atoms with Crippen molar-refractivity contribution in [2.45, 2.75) is 26.4 Å². The summed E-state index contributed by atoms with van der Waals surface area (Å²) < 4.78 is 10.8. The third-order valence-electron chi connectivity index (χ3n) is 3.61. The number of para-hydroxylation sites is 2.